The number of carbonyl (C=O) groups excluding carboxylic acids is 1. The second-order valence-electron chi connectivity index (χ2n) is 4.28. The van der Waals surface area contributed by atoms with Gasteiger partial charge in [-0.05, 0) is 42.5 Å². The van der Waals surface area contributed by atoms with E-state index in [1.165, 1.54) is 37.4 Å². The van der Waals surface area contributed by atoms with Crippen LogP contribution in [0.1, 0.15) is 10.4 Å². The molecule has 0 radical (unpaired) electrons. The zero-order chi connectivity index (χ0) is 16.3. The Morgan fingerprint density at radius 2 is 1.82 bits per heavy atom. The minimum Gasteiger partial charge on any atom is -0.507 e. The van der Waals surface area contributed by atoms with Gasteiger partial charge in [-0.1, -0.05) is 15.9 Å². The summed E-state index contributed by atoms with van der Waals surface area (Å²) in [4.78, 5) is 11.6. The van der Waals surface area contributed by atoms with Crippen molar-refractivity contribution in [1.29, 1.82) is 0 Å². The second-order valence-corrected chi connectivity index (χ2v) is 6.88. The van der Waals surface area contributed by atoms with Crippen molar-refractivity contribution in [3.63, 3.8) is 0 Å². The Hall–Kier alpha value is -2.06. The van der Waals surface area contributed by atoms with E-state index in [9.17, 15) is 18.3 Å². The van der Waals surface area contributed by atoms with Crippen LogP contribution in [0.4, 0.5) is 5.69 Å². The molecule has 0 aliphatic rings. The fourth-order valence-corrected chi connectivity index (χ4v) is 3.01. The summed E-state index contributed by atoms with van der Waals surface area (Å²) >= 11 is 3.23. The number of benzene rings is 2. The molecule has 0 spiro atoms. The largest absolute Gasteiger partial charge is 0.507 e. The second kappa shape index (κ2) is 6.37. The van der Waals surface area contributed by atoms with E-state index in [-0.39, 0.29) is 21.9 Å². The number of hydrogen-bond acceptors (Lipinski definition) is 5. The van der Waals surface area contributed by atoms with E-state index in [4.69, 9.17) is 0 Å². The molecule has 0 saturated carbocycles. The quantitative estimate of drug-likeness (QED) is 0.623. The molecular formula is C14H12BrNO5S. The van der Waals surface area contributed by atoms with Gasteiger partial charge in [0, 0.05) is 10.2 Å². The highest BCUT2D eigenvalue weighted by molar-refractivity contribution is 9.10. The molecule has 2 rings (SSSR count). The predicted octanol–water partition coefficient (Wildman–Crippen LogP) is 2.74. The number of rotatable bonds is 4. The first-order valence-electron chi connectivity index (χ1n) is 6.03. The van der Waals surface area contributed by atoms with Crippen molar-refractivity contribution < 1.29 is 23.1 Å². The lowest BCUT2D eigenvalue weighted by Gasteiger charge is -2.10. The van der Waals surface area contributed by atoms with Crippen LogP contribution in [-0.4, -0.2) is 26.6 Å². The normalized spacial score (nSPS) is 11.0. The molecule has 0 aliphatic carbocycles. The van der Waals surface area contributed by atoms with Gasteiger partial charge in [0.25, 0.3) is 10.0 Å². The molecule has 0 saturated heterocycles. The Labute approximate surface area is 135 Å². The Balaban J connectivity index is 2.34. The van der Waals surface area contributed by atoms with Gasteiger partial charge in [0.05, 0.1) is 12.0 Å². The minimum atomic E-state index is -3.80. The Morgan fingerprint density at radius 3 is 2.41 bits per heavy atom. The first-order chi connectivity index (χ1) is 10.3. The third kappa shape index (κ3) is 3.58. The molecule has 116 valence electrons. The van der Waals surface area contributed by atoms with Crippen molar-refractivity contribution in [1.82, 2.24) is 0 Å². The molecule has 0 amide bonds. The number of methoxy groups -OCH3 is 1. The Morgan fingerprint density at radius 1 is 1.18 bits per heavy atom. The van der Waals surface area contributed by atoms with E-state index in [2.05, 4.69) is 25.4 Å². The summed E-state index contributed by atoms with van der Waals surface area (Å²) in [6.07, 6.45) is 0. The van der Waals surface area contributed by atoms with E-state index in [0.29, 0.717) is 0 Å². The third-order valence-electron chi connectivity index (χ3n) is 2.78. The molecule has 0 fully saturated rings. The van der Waals surface area contributed by atoms with Gasteiger partial charge in [0.2, 0.25) is 0 Å². The lowest BCUT2D eigenvalue weighted by molar-refractivity contribution is 0.0597. The van der Waals surface area contributed by atoms with Crippen LogP contribution in [0.25, 0.3) is 0 Å². The topological polar surface area (TPSA) is 92.7 Å². The maximum Gasteiger partial charge on any atom is 0.341 e. The molecule has 0 aliphatic heterocycles. The minimum absolute atomic E-state index is 0.0726. The summed E-state index contributed by atoms with van der Waals surface area (Å²) in [7, 11) is -2.63. The number of aromatic hydroxyl groups is 1. The number of halogens is 1. The monoisotopic (exact) mass is 385 g/mol. The number of phenolic OH excluding ortho intramolecular Hbond substituents is 1. The van der Waals surface area contributed by atoms with Gasteiger partial charge in [-0.25, -0.2) is 13.2 Å². The van der Waals surface area contributed by atoms with Gasteiger partial charge in [-0.2, -0.15) is 0 Å². The number of ether oxygens (including phenoxy) is 1. The zero-order valence-corrected chi connectivity index (χ0v) is 13.8. The highest BCUT2D eigenvalue weighted by atomic mass is 79.9. The number of phenols is 1. The highest BCUT2D eigenvalue weighted by Gasteiger charge is 2.17. The Kier molecular flexibility index (Phi) is 4.72. The first-order valence-corrected chi connectivity index (χ1v) is 8.31. The molecule has 2 aromatic rings. The number of nitrogens with one attached hydrogen (secondary N) is 1. The molecule has 0 bridgehead atoms. The van der Waals surface area contributed by atoms with Crippen molar-refractivity contribution in [2.24, 2.45) is 0 Å². The summed E-state index contributed by atoms with van der Waals surface area (Å²) in [6, 6.07) is 9.85. The maximum absolute atomic E-state index is 12.2. The van der Waals surface area contributed by atoms with Gasteiger partial charge >= 0.3 is 5.97 Å². The molecule has 2 aromatic carbocycles. The Bertz CT molecular complexity index is 802. The number of anilines is 1. The SMILES string of the molecule is COC(=O)c1cc(NS(=O)(=O)c2ccc(Br)cc2)ccc1O. The summed E-state index contributed by atoms with van der Waals surface area (Å²) in [5.41, 5.74) is 0.0135. The van der Waals surface area contributed by atoms with Crippen LogP contribution in [-0.2, 0) is 14.8 Å². The molecule has 0 heterocycles. The van der Waals surface area contributed by atoms with Crippen LogP contribution >= 0.6 is 15.9 Å². The lowest BCUT2D eigenvalue weighted by atomic mass is 10.2. The summed E-state index contributed by atoms with van der Waals surface area (Å²) in [5, 5.41) is 9.60. The van der Waals surface area contributed by atoms with Crippen LogP contribution in [0.15, 0.2) is 51.8 Å². The fourth-order valence-electron chi connectivity index (χ4n) is 1.70. The number of carbonyl (C=O) groups is 1. The molecule has 0 atom stereocenters. The van der Waals surface area contributed by atoms with E-state index in [0.717, 1.165) is 4.47 Å². The third-order valence-corrected chi connectivity index (χ3v) is 4.70. The van der Waals surface area contributed by atoms with Crippen LogP contribution in [0.3, 0.4) is 0 Å². The van der Waals surface area contributed by atoms with Crippen molar-refractivity contribution in [2.45, 2.75) is 4.90 Å². The van der Waals surface area contributed by atoms with Crippen LogP contribution in [0.5, 0.6) is 5.75 Å². The molecule has 0 unspecified atom stereocenters. The standard InChI is InChI=1S/C14H12BrNO5S/c1-21-14(18)12-8-10(4-7-13(12)17)16-22(19,20)11-5-2-9(15)3-6-11/h2-8,16-17H,1H3. The average Bonchev–Trinajstić information content (AvgIpc) is 2.48. The fraction of sp³-hybridized carbons (Fsp3) is 0.0714. The average molecular weight is 386 g/mol. The van der Waals surface area contributed by atoms with Gasteiger partial charge in [-0.15, -0.1) is 0 Å². The summed E-state index contributed by atoms with van der Waals surface area (Å²) < 4.78 is 32.1. The first kappa shape index (κ1) is 16.3. The van der Waals surface area contributed by atoms with Crippen LogP contribution < -0.4 is 4.72 Å². The summed E-state index contributed by atoms with van der Waals surface area (Å²) in [5.74, 6) is -1.05. The smallest absolute Gasteiger partial charge is 0.341 e. The van der Waals surface area contributed by atoms with Crippen molar-refractivity contribution in [3.05, 3.63) is 52.5 Å². The summed E-state index contributed by atoms with van der Waals surface area (Å²) in [6.45, 7) is 0. The zero-order valence-electron chi connectivity index (χ0n) is 11.4. The molecule has 6 nitrogen and oxygen atoms in total. The predicted molar refractivity (Wildman–Crippen MR) is 84.4 cm³/mol. The van der Waals surface area contributed by atoms with E-state index < -0.39 is 16.0 Å². The van der Waals surface area contributed by atoms with Crippen LogP contribution in [0.2, 0.25) is 0 Å². The number of sulfonamides is 1. The highest BCUT2D eigenvalue weighted by Crippen LogP contribution is 2.24. The van der Waals surface area contributed by atoms with Crippen LogP contribution in [0, 0.1) is 0 Å². The van der Waals surface area contributed by atoms with Crippen molar-refractivity contribution >= 4 is 37.6 Å². The number of hydrogen-bond donors (Lipinski definition) is 2. The lowest BCUT2D eigenvalue weighted by Crippen LogP contribution is -2.13. The van der Waals surface area contributed by atoms with E-state index in [1.54, 1.807) is 12.1 Å². The van der Waals surface area contributed by atoms with Crippen molar-refractivity contribution in [2.75, 3.05) is 11.8 Å². The van der Waals surface area contributed by atoms with Gasteiger partial charge in [0.1, 0.15) is 11.3 Å². The van der Waals surface area contributed by atoms with Gasteiger partial charge in [-0.3, -0.25) is 4.72 Å². The molecular weight excluding hydrogens is 374 g/mol. The molecule has 8 heteroatoms. The molecule has 22 heavy (non-hydrogen) atoms. The number of esters is 1. The molecule has 2 N–H and O–H groups in total. The molecule has 0 aromatic heterocycles. The van der Waals surface area contributed by atoms with Crippen molar-refractivity contribution in [3.8, 4) is 5.75 Å². The van der Waals surface area contributed by atoms with E-state index in [1.807, 2.05) is 0 Å². The van der Waals surface area contributed by atoms with E-state index >= 15 is 0 Å². The van der Waals surface area contributed by atoms with Gasteiger partial charge < -0.3 is 9.84 Å². The van der Waals surface area contributed by atoms with Gasteiger partial charge in [0.15, 0.2) is 0 Å². The maximum atomic E-state index is 12.2.